The molecule has 4 N–H and O–H groups in total. The molecule has 0 unspecified atom stereocenters. The van der Waals surface area contributed by atoms with E-state index in [2.05, 4.69) is 45.1 Å². The van der Waals surface area contributed by atoms with Crippen LogP contribution < -0.4 is 21.3 Å². The van der Waals surface area contributed by atoms with Gasteiger partial charge in [0.25, 0.3) is 11.8 Å². The molecule has 0 radical (unpaired) electrons. The molecular weight excluding hydrogens is 658 g/mol. The molecule has 5 rings (SSSR count). The summed E-state index contributed by atoms with van der Waals surface area (Å²) in [6.07, 6.45) is 4.28. The molecule has 1 saturated heterocycles. The fraction of sp³-hybridized carbons (Fsp3) is 0.515. The maximum atomic E-state index is 13.5. The summed E-state index contributed by atoms with van der Waals surface area (Å²) >= 11 is 2.68. The standard InChI is InChI=1S/C33H43N7O4S2.ClH/c1-21(2)17-24-31-39-27(20-46-31)30(43)37-25(18-22-9-4-3-5-10-22)32-38-26(19-45-32)29(42)35-14-8-16-40(15-7-12-28(41)36-24)33(44)23-11-6-13-34-23;/h3-5,9-10,19-21,23-25,34H,6-8,11-18H2,1-2H3,(H,35,42)(H,36,41)(H,37,43);1H/t23-,24+,25+;/m1./s1. The number of aromatic nitrogens is 2. The van der Waals surface area contributed by atoms with Crippen molar-refractivity contribution in [3.05, 3.63) is 68.1 Å². The van der Waals surface area contributed by atoms with Crippen LogP contribution in [0.25, 0.3) is 0 Å². The predicted molar refractivity (Wildman–Crippen MR) is 186 cm³/mol. The minimum Gasteiger partial charge on any atom is -0.351 e. The number of hydrogen-bond donors (Lipinski definition) is 4. The van der Waals surface area contributed by atoms with Crippen molar-refractivity contribution in [2.75, 3.05) is 26.2 Å². The van der Waals surface area contributed by atoms with Crippen molar-refractivity contribution in [2.45, 2.75) is 76.9 Å². The van der Waals surface area contributed by atoms with Crippen LogP contribution in [0.5, 0.6) is 0 Å². The van der Waals surface area contributed by atoms with Gasteiger partial charge in [-0.2, -0.15) is 0 Å². The number of carbonyl (C=O) groups excluding carboxylic acids is 4. The summed E-state index contributed by atoms with van der Waals surface area (Å²) < 4.78 is 0. The molecule has 254 valence electrons. The maximum Gasteiger partial charge on any atom is 0.271 e. The Morgan fingerprint density at radius 1 is 0.894 bits per heavy atom. The van der Waals surface area contributed by atoms with Gasteiger partial charge in [0, 0.05) is 36.8 Å². The normalized spacial score (nSPS) is 21.6. The molecule has 2 aliphatic heterocycles. The molecular formula is C33H44ClN7O4S2. The monoisotopic (exact) mass is 701 g/mol. The zero-order chi connectivity index (χ0) is 32.5. The van der Waals surface area contributed by atoms with Gasteiger partial charge >= 0.3 is 0 Å². The number of amides is 4. The Kier molecular flexibility index (Phi) is 13.7. The summed E-state index contributed by atoms with van der Waals surface area (Å²) in [5, 5.41) is 17.2. The van der Waals surface area contributed by atoms with E-state index in [0.29, 0.717) is 66.9 Å². The lowest BCUT2D eigenvalue weighted by Gasteiger charge is -2.26. The van der Waals surface area contributed by atoms with Crippen molar-refractivity contribution in [1.29, 1.82) is 0 Å². The van der Waals surface area contributed by atoms with E-state index in [1.54, 1.807) is 10.8 Å². The van der Waals surface area contributed by atoms with Gasteiger partial charge < -0.3 is 26.2 Å². The summed E-state index contributed by atoms with van der Waals surface area (Å²) in [5.41, 5.74) is 1.58. The molecule has 4 heterocycles. The summed E-state index contributed by atoms with van der Waals surface area (Å²) in [4.78, 5) is 64.1. The zero-order valence-corrected chi connectivity index (χ0v) is 29.3. The number of benzene rings is 1. The molecule has 2 aliphatic rings. The topological polar surface area (TPSA) is 145 Å². The SMILES string of the molecule is CC(C)C[C@@H]1NC(=O)CCCN(C(=O)[C@H]2CCCN2)CCCNC(=O)c2csc(n2)[C@H](Cc2ccccc2)NC(=O)c2csc1n2.Cl. The third-order valence-corrected chi connectivity index (χ3v) is 10.0. The summed E-state index contributed by atoms with van der Waals surface area (Å²) in [7, 11) is 0. The minimum absolute atomic E-state index is 0. The highest BCUT2D eigenvalue weighted by Crippen LogP contribution is 2.27. The van der Waals surface area contributed by atoms with Gasteiger partial charge in [0.05, 0.1) is 18.1 Å². The van der Waals surface area contributed by atoms with Crippen molar-refractivity contribution in [3.8, 4) is 0 Å². The second-order valence-corrected chi connectivity index (χ2v) is 14.1. The molecule has 1 aromatic carbocycles. The van der Waals surface area contributed by atoms with Gasteiger partial charge in [-0.25, -0.2) is 9.97 Å². The lowest BCUT2D eigenvalue weighted by molar-refractivity contribution is -0.133. The van der Waals surface area contributed by atoms with Crippen LogP contribution in [-0.2, 0) is 16.0 Å². The number of fused-ring (bicyclic) bond motifs is 4. The molecule has 3 aromatic rings. The lowest BCUT2D eigenvalue weighted by Crippen LogP contribution is -2.45. The number of thiazole rings is 2. The second-order valence-electron chi connectivity index (χ2n) is 12.3. The molecule has 1 fully saturated rings. The van der Waals surface area contributed by atoms with Gasteiger partial charge in [0.1, 0.15) is 21.4 Å². The van der Waals surface area contributed by atoms with Gasteiger partial charge in [0.2, 0.25) is 11.8 Å². The zero-order valence-electron chi connectivity index (χ0n) is 26.8. The Labute approximate surface area is 290 Å². The van der Waals surface area contributed by atoms with Crippen LogP contribution in [0.2, 0.25) is 0 Å². The van der Waals surface area contributed by atoms with Crippen LogP contribution in [0, 0.1) is 5.92 Å². The fourth-order valence-corrected chi connectivity index (χ4v) is 7.50. The number of rotatable bonds is 5. The molecule has 2 aromatic heterocycles. The van der Waals surface area contributed by atoms with E-state index in [4.69, 9.17) is 0 Å². The molecule has 11 nitrogen and oxygen atoms in total. The first-order valence-corrected chi connectivity index (χ1v) is 17.9. The Morgan fingerprint density at radius 3 is 2.26 bits per heavy atom. The number of nitrogens with one attached hydrogen (secondary N) is 4. The smallest absolute Gasteiger partial charge is 0.271 e. The molecule has 47 heavy (non-hydrogen) atoms. The number of carbonyl (C=O) groups is 4. The average Bonchev–Trinajstić information content (AvgIpc) is 3.83. The van der Waals surface area contributed by atoms with E-state index in [9.17, 15) is 19.2 Å². The first-order chi connectivity index (χ1) is 22.3. The first-order valence-electron chi connectivity index (χ1n) is 16.1. The van der Waals surface area contributed by atoms with Gasteiger partial charge in [-0.15, -0.1) is 35.1 Å². The highest BCUT2D eigenvalue weighted by atomic mass is 35.5. The highest BCUT2D eigenvalue weighted by molar-refractivity contribution is 7.10. The number of hydrogen-bond acceptors (Lipinski definition) is 9. The van der Waals surface area contributed by atoms with Crippen LogP contribution in [-0.4, -0.2) is 70.7 Å². The van der Waals surface area contributed by atoms with Crippen molar-refractivity contribution >= 4 is 58.7 Å². The molecule has 14 heteroatoms. The Bertz CT molecular complexity index is 1490. The lowest BCUT2D eigenvalue weighted by atomic mass is 10.0. The van der Waals surface area contributed by atoms with Crippen LogP contribution in [0.4, 0.5) is 0 Å². The Morgan fingerprint density at radius 2 is 1.57 bits per heavy atom. The van der Waals surface area contributed by atoms with Crippen LogP contribution in [0.15, 0.2) is 41.1 Å². The van der Waals surface area contributed by atoms with Crippen LogP contribution in [0.1, 0.15) is 101 Å². The molecule has 3 atom stereocenters. The third kappa shape index (κ3) is 10.3. The summed E-state index contributed by atoms with van der Waals surface area (Å²) in [6, 6.07) is 8.80. The van der Waals surface area contributed by atoms with E-state index in [-0.39, 0.29) is 60.2 Å². The van der Waals surface area contributed by atoms with Crippen molar-refractivity contribution in [2.24, 2.45) is 5.92 Å². The molecule has 4 bridgehead atoms. The number of halogens is 1. The molecule has 0 spiro atoms. The fourth-order valence-electron chi connectivity index (χ4n) is 5.79. The van der Waals surface area contributed by atoms with Gasteiger partial charge in [-0.1, -0.05) is 44.2 Å². The summed E-state index contributed by atoms with van der Waals surface area (Å²) in [6.45, 7) is 6.30. The highest BCUT2D eigenvalue weighted by Gasteiger charge is 2.28. The largest absolute Gasteiger partial charge is 0.351 e. The quantitative estimate of drug-likeness (QED) is 0.308. The van der Waals surface area contributed by atoms with Crippen molar-refractivity contribution < 1.29 is 19.2 Å². The predicted octanol–water partition coefficient (Wildman–Crippen LogP) is 4.43. The minimum atomic E-state index is -0.476. The van der Waals surface area contributed by atoms with E-state index in [1.165, 1.54) is 22.7 Å². The average molecular weight is 702 g/mol. The second kappa shape index (κ2) is 17.7. The van der Waals surface area contributed by atoms with E-state index < -0.39 is 6.04 Å². The molecule has 4 amide bonds. The van der Waals surface area contributed by atoms with E-state index in [0.717, 1.165) is 24.9 Å². The third-order valence-electron chi connectivity index (χ3n) is 8.13. The molecule has 0 aliphatic carbocycles. The molecule has 0 saturated carbocycles. The van der Waals surface area contributed by atoms with E-state index in [1.807, 2.05) is 35.2 Å². The van der Waals surface area contributed by atoms with Crippen LogP contribution >= 0.6 is 35.1 Å². The van der Waals surface area contributed by atoms with Gasteiger partial charge in [0.15, 0.2) is 0 Å². The van der Waals surface area contributed by atoms with Gasteiger partial charge in [-0.05, 0) is 56.6 Å². The van der Waals surface area contributed by atoms with E-state index >= 15 is 0 Å². The summed E-state index contributed by atoms with van der Waals surface area (Å²) in [5.74, 6) is -0.420. The maximum absolute atomic E-state index is 13.5. The Balaban J connectivity index is 0.00000500. The first kappa shape index (κ1) is 36.4. The Hall–Kier alpha value is -3.39. The van der Waals surface area contributed by atoms with Gasteiger partial charge in [-0.3, -0.25) is 19.2 Å². The van der Waals surface area contributed by atoms with Crippen molar-refractivity contribution in [1.82, 2.24) is 36.1 Å². The van der Waals surface area contributed by atoms with Crippen molar-refractivity contribution in [3.63, 3.8) is 0 Å². The van der Waals surface area contributed by atoms with Crippen LogP contribution in [0.3, 0.4) is 0 Å². The number of nitrogens with zero attached hydrogens (tertiary/aromatic N) is 3.